The Kier molecular flexibility index (Phi) is 6.59. The summed E-state index contributed by atoms with van der Waals surface area (Å²) in [6, 6.07) is 15.0. The van der Waals surface area contributed by atoms with Crippen molar-refractivity contribution in [1.29, 1.82) is 0 Å². The van der Waals surface area contributed by atoms with E-state index in [1.165, 1.54) is 17.0 Å². The first-order chi connectivity index (χ1) is 14.5. The number of carbonyl (C=O) groups excluding carboxylic acids is 2. The third-order valence-corrected chi connectivity index (χ3v) is 4.28. The van der Waals surface area contributed by atoms with Crippen LogP contribution in [-0.2, 0) is 16.1 Å². The molecule has 8 heteroatoms. The van der Waals surface area contributed by atoms with Crippen molar-refractivity contribution in [2.24, 2.45) is 0 Å². The minimum Gasteiger partial charge on any atom is -0.497 e. The average molecular weight is 407 g/mol. The fourth-order valence-corrected chi connectivity index (χ4v) is 2.79. The van der Waals surface area contributed by atoms with Crippen LogP contribution < -0.4 is 15.6 Å². The second-order valence-corrected chi connectivity index (χ2v) is 6.28. The van der Waals surface area contributed by atoms with E-state index < -0.39 is 11.9 Å². The molecular formula is C22H21N3O5. The molecule has 0 saturated carbocycles. The molecule has 0 spiro atoms. The number of rotatable bonds is 7. The van der Waals surface area contributed by atoms with Gasteiger partial charge in [0, 0.05) is 11.6 Å². The third kappa shape index (κ3) is 4.91. The Morgan fingerprint density at radius 1 is 1.10 bits per heavy atom. The first-order valence-electron chi connectivity index (χ1n) is 9.28. The van der Waals surface area contributed by atoms with Crippen LogP contribution in [0.1, 0.15) is 17.3 Å². The maximum atomic E-state index is 12.4. The highest BCUT2D eigenvalue weighted by atomic mass is 16.5. The molecule has 30 heavy (non-hydrogen) atoms. The third-order valence-electron chi connectivity index (χ3n) is 4.28. The zero-order valence-corrected chi connectivity index (χ0v) is 16.6. The van der Waals surface area contributed by atoms with E-state index in [9.17, 15) is 14.4 Å². The standard InChI is InChI=1S/C22H21N3O5/c1-3-30-22(28)17-6-4-5-7-18(17)24-20(26)13-25-14-23-19(12-21(25)27)15-8-10-16(29-2)11-9-15/h4-12,14H,3,13H2,1-2H3,(H,24,26). The van der Waals surface area contributed by atoms with Crippen molar-refractivity contribution in [3.8, 4) is 17.0 Å². The van der Waals surface area contributed by atoms with Crippen LogP contribution in [0.15, 0.2) is 65.7 Å². The van der Waals surface area contributed by atoms with E-state index in [0.717, 1.165) is 5.56 Å². The average Bonchev–Trinajstić information content (AvgIpc) is 2.75. The van der Waals surface area contributed by atoms with Gasteiger partial charge in [-0.25, -0.2) is 9.78 Å². The van der Waals surface area contributed by atoms with Gasteiger partial charge in [-0.15, -0.1) is 0 Å². The van der Waals surface area contributed by atoms with Gasteiger partial charge < -0.3 is 14.8 Å². The molecule has 8 nitrogen and oxygen atoms in total. The number of amides is 1. The molecule has 1 amide bonds. The molecule has 0 aliphatic rings. The Balaban J connectivity index is 1.73. The highest BCUT2D eigenvalue weighted by Gasteiger charge is 2.14. The SMILES string of the molecule is CCOC(=O)c1ccccc1NC(=O)Cn1cnc(-c2ccc(OC)cc2)cc1=O. The molecule has 1 N–H and O–H groups in total. The van der Waals surface area contributed by atoms with Gasteiger partial charge in [0.2, 0.25) is 5.91 Å². The quantitative estimate of drug-likeness (QED) is 0.605. The van der Waals surface area contributed by atoms with Crippen LogP contribution >= 0.6 is 0 Å². The summed E-state index contributed by atoms with van der Waals surface area (Å²) in [4.78, 5) is 41.1. The first kappa shape index (κ1) is 20.8. The zero-order valence-electron chi connectivity index (χ0n) is 16.6. The summed E-state index contributed by atoms with van der Waals surface area (Å²) in [6.45, 7) is 1.68. The van der Waals surface area contributed by atoms with Crippen LogP contribution in [0.4, 0.5) is 5.69 Å². The van der Waals surface area contributed by atoms with E-state index in [2.05, 4.69) is 10.3 Å². The maximum Gasteiger partial charge on any atom is 0.340 e. The lowest BCUT2D eigenvalue weighted by atomic mass is 10.1. The van der Waals surface area contributed by atoms with Gasteiger partial charge in [-0.05, 0) is 43.3 Å². The van der Waals surface area contributed by atoms with Crippen molar-refractivity contribution in [2.45, 2.75) is 13.5 Å². The van der Waals surface area contributed by atoms with Crippen LogP contribution in [0.5, 0.6) is 5.75 Å². The van der Waals surface area contributed by atoms with E-state index in [1.54, 1.807) is 62.6 Å². The molecule has 0 atom stereocenters. The van der Waals surface area contributed by atoms with Gasteiger partial charge in [0.1, 0.15) is 12.3 Å². The molecule has 0 aliphatic carbocycles. The molecule has 154 valence electrons. The first-order valence-corrected chi connectivity index (χ1v) is 9.28. The summed E-state index contributed by atoms with van der Waals surface area (Å²) in [7, 11) is 1.57. The van der Waals surface area contributed by atoms with Gasteiger partial charge >= 0.3 is 5.97 Å². The fraction of sp³-hybridized carbons (Fsp3) is 0.182. The Morgan fingerprint density at radius 3 is 2.50 bits per heavy atom. The van der Waals surface area contributed by atoms with Gasteiger partial charge in [-0.1, -0.05) is 12.1 Å². The van der Waals surface area contributed by atoms with Crippen molar-refractivity contribution in [2.75, 3.05) is 19.0 Å². The van der Waals surface area contributed by atoms with Gasteiger partial charge in [0.25, 0.3) is 5.56 Å². The predicted molar refractivity (Wildman–Crippen MR) is 112 cm³/mol. The minimum absolute atomic E-state index is 0.225. The summed E-state index contributed by atoms with van der Waals surface area (Å²) in [5.41, 5.74) is 1.44. The number of carbonyl (C=O) groups is 2. The van der Waals surface area contributed by atoms with E-state index in [-0.39, 0.29) is 24.3 Å². The van der Waals surface area contributed by atoms with Crippen LogP contribution in [0.25, 0.3) is 11.3 Å². The van der Waals surface area contributed by atoms with E-state index in [1.807, 2.05) is 0 Å². The minimum atomic E-state index is -0.531. The second kappa shape index (κ2) is 9.51. The second-order valence-electron chi connectivity index (χ2n) is 6.28. The Bertz CT molecular complexity index is 1110. The van der Waals surface area contributed by atoms with Crippen molar-refractivity contribution in [3.05, 3.63) is 76.8 Å². The normalized spacial score (nSPS) is 10.3. The van der Waals surface area contributed by atoms with Crippen molar-refractivity contribution in [3.63, 3.8) is 0 Å². The summed E-state index contributed by atoms with van der Waals surface area (Å²) in [5.74, 6) is -0.296. The largest absolute Gasteiger partial charge is 0.497 e. The highest BCUT2D eigenvalue weighted by Crippen LogP contribution is 2.19. The summed E-state index contributed by atoms with van der Waals surface area (Å²) in [5, 5.41) is 2.64. The van der Waals surface area contributed by atoms with Gasteiger partial charge in [0.05, 0.1) is 37.0 Å². The van der Waals surface area contributed by atoms with Crippen molar-refractivity contribution >= 4 is 17.6 Å². The van der Waals surface area contributed by atoms with Gasteiger partial charge in [-0.2, -0.15) is 0 Å². The zero-order chi connectivity index (χ0) is 21.5. The molecule has 0 aliphatic heterocycles. The molecule has 0 fully saturated rings. The Labute approximate surface area is 173 Å². The van der Waals surface area contributed by atoms with E-state index in [0.29, 0.717) is 17.1 Å². The monoisotopic (exact) mass is 407 g/mol. The number of nitrogens with zero attached hydrogens (tertiary/aromatic N) is 2. The lowest BCUT2D eigenvalue weighted by molar-refractivity contribution is -0.116. The van der Waals surface area contributed by atoms with Gasteiger partial charge in [-0.3, -0.25) is 14.2 Å². The summed E-state index contributed by atoms with van der Waals surface area (Å²) >= 11 is 0. The number of aromatic nitrogens is 2. The maximum absolute atomic E-state index is 12.4. The number of hydrogen-bond acceptors (Lipinski definition) is 6. The summed E-state index contributed by atoms with van der Waals surface area (Å²) < 4.78 is 11.3. The lowest BCUT2D eigenvalue weighted by Gasteiger charge is -2.11. The van der Waals surface area contributed by atoms with Crippen LogP contribution in [0.3, 0.4) is 0 Å². The predicted octanol–water partition coefficient (Wildman–Crippen LogP) is 2.73. The molecule has 0 saturated heterocycles. The number of esters is 1. The molecule has 3 aromatic rings. The number of ether oxygens (including phenoxy) is 2. The van der Waals surface area contributed by atoms with Crippen LogP contribution in [0, 0.1) is 0 Å². The topological polar surface area (TPSA) is 99.5 Å². The Hall–Kier alpha value is -3.94. The van der Waals surface area contributed by atoms with Gasteiger partial charge in [0.15, 0.2) is 0 Å². The molecule has 1 aromatic heterocycles. The van der Waals surface area contributed by atoms with Crippen LogP contribution in [-0.4, -0.2) is 35.1 Å². The number of para-hydroxylation sites is 1. The van der Waals surface area contributed by atoms with E-state index >= 15 is 0 Å². The molecular weight excluding hydrogens is 386 g/mol. The number of methoxy groups -OCH3 is 1. The van der Waals surface area contributed by atoms with Crippen molar-refractivity contribution in [1.82, 2.24) is 9.55 Å². The molecule has 3 rings (SSSR count). The smallest absolute Gasteiger partial charge is 0.340 e. The molecule has 0 radical (unpaired) electrons. The van der Waals surface area contributed by atoms with Crippen LogP contribution in [0.2, 0.25) is 0 Å². The Morgan fingerprint density at radius 2 is 1.83 bits per heavy atom. The summed E-state index contributed by atoms with van der Waals surface area (Å²) in [6.07, 6.45) is 1.32. The number of hydrogen-bond donors (Lipinski definition) is 1. The van der Waals surface area contributed by atoms with E-state index in [4.69, 9.17) is 9.47 Å². The van der Waals surface area contributed by atoms with Crippen molar-refractivity contribution < 1.29 is 19.1 Å². The fourth-order valence-electron chi connectivity index (χ4n) is 2.79. The molecule has 0 bridgehead atoms. The highest BCUT2D eigenvalue weighted by molar-refractivity contribution is 6.01. The molecule has 0 unspecified atom stereocenters. The number of nitrogens with one attached hydrogen (secondary N) is 1. The number of anilines is 1. The molecule has 2 aromatic carbocycles. The number of benzene rings is 2. The lowest BCUT2D eigenvalue weighted by Crippen LogP contribution is -2.28. The molecule has 1 heterocycles.